The number of carbonyl (C=O) groups excluding carboxylic acids is 1. The predicted octanol–water partition coefficient (Wildman–Crippen LogP) is 3.68. The normalized spacial score (nSPS) is 18.9. The Morgan fingerprint density at radius 2 is 1.89 bits per heavy atom. The fourth-order valence-electron chi connectivity index (χ4n) is 3.70. The monoisotopic (exact) mass is 386 g/mol. The van der Waals surface area contributed by atoms with Crippen LogP contribution in [-0.2, 0) is 9.47 Å². The molecule has 0 radical (unpaired) electrons. The van der Waals surface area contributed by atoms with Gasteiger partial charge in [0.05, 0.1) is 13.2 Å². The minimum absolute atomic E-state index is 0.196. The Morgan fingerprint density at radius 1 is 1.18 bits per heavy atom. The summed E-state index contributed by atoms with van der Waals surface area (Å²) < 4.78 is 30.2. The number of hydrogen-bond donors (Lipinski definition) is 1. The number of ether oxygens (including phenoxy) is 3. The first-order valence-corrected chi connectivity index (χ1v) is 9.58. The highest BCUT2D eigenvalue weighted by atomic mass is 19.1. The van der Waals surface area contributed by atoms with Gasteiger partial charge in [-0.1, -0.05) is 0 Å². The maximum absolute atomic E-state index is 13.1. The Morgan fingerprint density at radius 3 is 2.61 bits per heavy atom. The van der Waals surface area contributed by atoms with E-state index in [4.69, 9.17) is 14.2 Å². The van der Waals surface area contributed by atoms with Crippen LogP contribution in [0.2, 0.25) is 0 Å². The zero-order chi connectivity index (χ0) is 19.4. The molecule has 2 aromatic rings. The van der Waals surface area contributed by atoms with Gasteiger partial charge in [0, 0.05) is 25.6 Å². The van der Waals surface area contributed by atoms with Crippen molar-refractivity contribution in [2.24, 2.45) is 5.92 Å². The quantitative estimate of drug-likeness (QED) is 0.849. The highest BCUT2D eigenvalue weighted by Crippen LogP contribution is 2.38. The van der Waals surface area contributed by atoms with Crippen molar-refractivity contribution in [2.45, 2.75) is 31.5 Å². The van der Waals surface area contributed by atoms with Crippen molar-refractivity contribution < 1.29 is 23.4 Å². The molecule has 4 rings (SSSR count). The molecule has 0 atom stereocenters. The van der Waals surface area contributed by atoms with E-state index in [1.165, 1.54) is 24.3 Å². The number of aromatic nitrogens is 1. The van der Waals surface area contributed by atoms with Crippen LogP contribution in [0.1, 0.15) is 36.0 Å². The Labute approximate surface area is 163 Å². The van der Waals surface area contributed by atoms with Crippen LogP contribution in [0.15, 0.2) is 42.6 Å². The summed E-state index contributed by atoms with van der Waals surface area (Å²) in [7, 11) is 0. The molecule has 0 bridgehead atoms. The Bertz CT molecular complexity index is 811. The average molecular weight is 386 g/mol. The molecule has 6 nitrogen and oxygen atoms in total. The molecular formula is C21H23FN2O4. The molecule has 1 amide bonds. The summed E-state index contributed by atoms with van der Waals surface area (Å²) in [5.74, 6) is 0.0265. The molecule has 7 heteroatoms. The van der Waals surface area contributed by atoms with Crippen LogP contribution in [0.25, 0.3) is 0 Å². The SMILES string of the molecule is O=C(NCC1CCC2(CC1)OCCO2)c1cccnc1Oc1ccc(F)cc1. The third kappa shape index (κ3) is 4.31. The summed E-state index contributed by atoms with van der Waals surface area (Å²) in [6.45, 7) is 1.91. The van der Waals surface area contributed by atoms with Gasteiger partial charge < -0.3 is 19.5 Å². The molecule has 1 aliphatic carbocycles. The highest BCUT2D eigenvalue weighted by molar-refractivity contribution is 5.96. The van der Waals surface area contributed by atoms with Gasteiger partial charge in [0.1, 0.15) is 17.1 Å². The number of nitrogens with one attached hydrogen (secondary N) is 1. The maximum Gasteiger partial charge on any atom is 0.256 e. The number of amides is 1. The first-order chi connectivity index (χ1) is 13.6. The molecule has 2 aliphatic rings. The highest BCUT2D eigenvalue weighted by Gasteiger charge is 2.40. The van der Waals surface area contributed by atoms with Crippen LogP contribution < -0.4 is 10.1 Å². The number of hydrogen-bond acceptors (Lipinski definition) is 5. The van der Waals surface area contributed by atoms with Crippen molar-refractivity contribution in [2.75, 3.05) is 19.8 Å². The van der Waals surface area contributed by atoms with Crippen molar-refractivity contribution >= 4 is 5.91 Å². The summed E-state index contributed by atoms with van der Waals surface area (Å²) in [6, 6.07) is 8.94. The van der Waals surface area contributed by atoms with Crippen LogP contribution in [0.3, 0.4) is 0 Å². The van der Waals surface area contributed by atoms with Gasteiger partial charge in [-0.2, -0.15) is 0 Å². The van der Waals surface area contributed by atoms with Gasteiger partial charge in [0.25, 0.3) is 5.91 Å². The summed E-state index contributed by atoms with van der Waals surface area (Å²) in [4.78, 5) is 16.8. The van der Waals surface area contributed by atoms with Crippen molar-refractivity contribution in [3.63, 3.8) is 0 Å². The van der Waals surface area contributed by atoms with Gasteiger partial charge in [0.2, 0.25) is 5.88 Å². The summed E-state index contributed by atoms with van der Waals surface area (Å²) in [5, 5.41) is 2.98. The van der Waals surface area contributed by atoms with E-state index in [1.807, 2.05) is 0 Å². The van der Waals surface area contributed by atoms with Gasteiger partial charge >= 0.3 is 0 Å². The standard InChI is InChI=1S/C21H23FN2O4/c22-16-3-5-17(6-4-16)28-20-18(2-1-11-23-20)19(25)24-14-15-7-9-21(10-8-15)26-12-13-27-21/h1-6,11,15H,7-10,12-14H2,(H,24,25). The second-order valence-corrected chi connectivity index (χ2v) is 7.17. The van der Waals surface area contributed by atoms with Crippen molar-refractivity contribution in [1.29, 1.82) is 0 Å². The van der Waals surface area contributed by atoms with Gasteiger partial charge in [0.15, 0.2) is 5.79 Å². The summed E-state index contributed by atoms with van der Waals surface area (Å²) in [5.41, 5.74) is 0.349. The molecule has 2 heterocycles. The molecule has 28 heavy (non-hydrogen) atoms. The van der Waals surface area contributed by atoms with Crippen LogP contribution in [0, 0.1) is 11.7 Å². The lowest BCUT2D eigenvalue weighted by Crippen LogP contribution is -2.38. The molecule has 1 N–H and O–H groups in total. The van der Waals surface area contributed by atoms with Crippen molar-refractivity contribution in [1.82, 2.24) is 10.3 Å². The first kappa shape index (κ1) is 18.8. The van der Waals surface area contributed by atoms with E-state index >= 15 is 0 Å². The van der Waals surface area contributed by atoms with E-state index in [-0.39, 0.29) is 23.4 Å². The van der Waals surface area contributed by atoms with E-state index in [2.05, 4.69) is 10.3 Å². The van der Waals surface area contributed by atoms with Gasteiger partial charge in [-0.25, -0.2) is 9.37 Å². The Kier molecular flexibility index (Phi) is 5.54. The zero-order valence-electron chi connectivity index (χ0n) is 15.5. The molecule has 1 aromatic carbocycles. The fourth-order valence-corrected chi connectivity index (χ4v) is 3.70. The molecule has 1 aromatic heterocycles. The van der Waals surface area contributed by atoms with E-state index in [0.717, 1.165) is 25.7 Å². The minimum Gasteiger partial charge on any atom is -0.438 e. The van der Waals surface area contributed by atoms with Crippen molar-refractivity contribution in [3.05, 3.63) is 54.0 Å². The van der Waals surface area contributed by atoms with E-state index in [1.54, 1.807) is 18.3 Å². The molecule has 148 valence electrons. The zero-order valence-corrected chi connectivity index (χ0v) is 15.5. The Balaban J connectivity index is 1.34. The number of pyridine rings is 1. The fraction of sp³-hybridized carbons (Fsp3) is 0.429. The van der Waals surface area contributed by atoms with Crippen LogP contribution in [-0.4, -0.2) is 36.4 Å². The molecular weight excluding hydrogens is 363 g/mol. The van der Waals surface area contributed by atoms with E-state index in [9.17, 15) is 9.18 Å². The van der Waals surface area contributed by atoms with Gasteiger partial charge in [-0.3, -0.25) is 4.79 Å². The van der Waals surface area contributed by atoms with Crippen LogP contribution in [0.5, 0.6) is 11.6 Å². The maximum atomic E-state index is 13.1. The third-order valence-electron chi connectivity index (χ3n) is 5.28. The number of rotatable bonds is 5. The van der Waals surface area contributed by atoms with Crippen molar-refractivity contribution in [3.8, 4) is 11.6 Å². The lowest BCUT2D eigenvalue weighted by atomic mass is 9.85. The molecule has 1 aliphatic heterocycles. The first-order valence-electron chi connectivity index (χ1n) is 9.58. The average Bonchev–Trinajstić information content (AvgIpc) is 3.18. The number of nitrogens with zero attached hydrogens (tertiary/aromatic N) is 1. The minimum atomic E-state index is -0.389. The summed E-state index contributed by atoms with van der Waals surface area (Å²) in [6.07, 6.45) is 5.18. The van der Waals surface area contributed by atoms with Gasteiger partial charge in [-0.15, -0.1) is 0 Å². The molecule has 1 spiro atoms. The van der Waals surface area contributed by atoms with Gasteiger partial charge in [-0.05, 0) is 55.2 Å². The number of carbonyl (C=O) groups is 1. The molecule has 2 fully saturated rings. The lowest BCUT2D eigenvalue weighted by molar-refractivity contribution is -0.182. The number of halogens is 1. The van der Waals surface area contributed by atoms with E-state index in [0.29, 0.717) is 37.0 Å². The second-order valence-electron chi connectivity index (χ2n) is 7.17. The molecule has 1 saturated carbocycles. The van der Waals surface area contributed by atoms with Crippen LogP contribution >= 0.6 is 0 Å². The predicted molar refractivity (Wildman–Crippen MR) is 99.6 cm³/mol. The third-order valence-corrected chi connectivity index (χ3v) is 5.28. The smallest absolute Gasteiger partial charge is 0.256 e. The molecule has 1 saturated heterocycles. The Hall–Kier alpha value is -2.51. The second kappa shape index (κ2) is 8.24. The topological polar surface area (TPSA) is 69.7 Å². The summed E-state index contributed by atoms with van der Waals surface area (Å²) >= 11 is 0. The molecule has 0 unspecified atom stereocenters. The number of benzene rings is 1. The largest absolute Gasteiger partial charge is 0.438 e. The van der Waals surface area contributed by atoms with E-state index < -0.39 is 0 Å². The lowest BCUT2D eigenvalue weighted by Gasteiger charge is -2.35. The van der Waals surface area contributed by atoms with Crippen LogP contribution in [0.4, 0.5) is 4.39 Å².